The molecule has 1 aliphatic heterocycles. The van der Waals surface area contributed by atoms with Gasteiger partial charge in [0, 0.05) is 13.1 Å². The van der Waals surface area contributed by atoms with Crippen LogP contribution in [0.2, 0.25) is 0 Å². The second-order valence-electron chi connectivity index (χ2n) is 4.93. The minimum atomic E-state index is -4.43. The number of sulfonamides is 1. The molecule has 1 saturated heterocycles. The van der Waals surface area contributed by atoms with Crippen molar-refractivity contribution < 1.29 is 26.0 Å². The van der Waals surface area contributed by atoms with Gasteiger partial charge in [-0.3, -0.25) is 0 Å². The smallest absolute Gasteiger partial charge is 0.393 e. The summed E-state index contributed by atoms with van der Waals surface area (Å²) < 4.78 is 76.6. The van der Waals surface area contributed by atoms with Crippen molar-refractivity contribution >= 4 is 15.7 Å². The molecule has 1 heterocycles. The maximum atomic E-state index is 13.1. The number of rotatable bonds is 2. The van der Waals surface area contributed by atoms with Crippen LogP contribution in [0.1, 0.15) is 12.8 Å². The summed E-state index contributed by atoms with van der Waals surface area (Å²) in [6.45, 7) is -0.616. The van der Waals surface area contributed by atoms with Crippen LogP contribution in [0.5, 0.6) is 0 Å². The van der Waals surface area contributed by atoms with Crippen LogP contribution in [0.3, 0.4) is 0 Å². The number of alkyl halides is 3. The van der Waals surface area contributed by atoms with Crippen molar-refractivity contribution in [1.29, 1.82) is 0 Å². The number of piperidine rings is 1. The molecule has 0 saturated carbocycles. The molecule has 118 valence electrons. The van der Waals surface area contributed by atoms with Gasteiger partial charge in [-0.1, -0.05) is 0 Å². The topological polar surface area (TPSA) is 63.4 Å². The van der Waals surface area contributed by atoms with Crippen LogP contribution >= 0.6 is 0 Å². The third-order valence-electron chi connectivity index (χ3n) is 3.45. The standard InChI is InChI=1S/C12H14F4N2O2S/c13-10-4-3-9(6-11(10)17)21(19,20)18-5-1-2-8(7-18)12(14,15)16/h3-4,6,8H,1-2,5,7,17H2. The third-order valence-corrected chi connectivity index (χ3v) is 5.31. The normalized spacial score (nSPS) is 21.4. The fraction of sp³-hybridized carbons (Fsp3) is 0.500. The molecule has 0 amide bonds. The average molecular weight is 326 g/mol. The predicted molar refractivity (Wildman–Crippen MR) is 68.4 cm³/mol. The highest BCUT2D eigenvalue weighted by molar-refractivity contribution is 7.89. The van der Waals surface area contributed by atoms with Gasteiger partial charge in [0.2, 0.25) is 10.0 Å². The Labute approximate surface area is 119 Å². The predicted octanol–water partition coefficient (Wildman–Crippen LogP) is 2.37. The van der Waals surface area contributed by atoms with Crippen molar-refractivity contribution in [1.82, 2.24) is 4.31 Å². The van der Waals surface area contributed by atoms with Gasteiger partial charge < -0.3 is 5.73 Å². The van der Waals surface area contributed by atoms with Gasteiger partial charge in [0.1, 0.15) is 5.82 Å². The summed E-state index contributed by atoms with van der Waals surface area (Å²) in [5.74, 6) is -2.46. The highest BCUT2D eigenvalue weighted by atomic mass is 32.2. The van der Waals surface area contributed by atoms with E-state index in [9.17, 15) is 26.0 Å². The van der Waals surface area contributed by atoms with Crippen molar-refractivity contribution in [3.05, 3.63) is 24.0 Å². The molecule has 2 rings (SSSR count). The quantitative estimate of drug-likeness (QED) is 0.670. The molecule has 0 radical (unpaired) electrons. The van der Waals surface area contributed by atoms with E-state index in [1.165, 1.54) is 0 Å². The van der Waals surface area contributed by atoms with Gasteiger partial charge in [0.05, 0.1) is 16.5 Å². The van der Waals surface area contributed by atoms with Gasteiger partial charge in [-0.15, -0.1) is 0 Å². The molecular weight excluding hydrogens is 312 g/mol. The van der Waals surface area contributed by atoms with E-state index in [2.05, 4.69) is 0 Å². The first-order valence-electron chi connectivity index (χ1n) is 6.24. The first-order chi connectivity index (χ1) is 9.62. The Hall–Kier alpha value is -1.35. The minimum Gasteiger partial charge on any atom is -0.396 e. The lowest BCUT2D eigenvalue weighted by Gasteiger charge is -2.32. The van der Waals surface area contributed by atoms with Gasteiger partial charge in [-0.05, 0) is 31.0 Å². The van der Waals surface area contributed by atoms with E-state index < -0.39 is 34.5 Å². The summed E-state index contributed by atoms with van der Waals surface area (Å²) in [5, 5.41) is 0. The maximum Gasteiger partial charge on any atom is 0.393 e. The Morgan fingerprint density at radius 1 is 1.29 bits per heavy atom. The van der Waals surface area contributed by atoms with Crippen molar-refractivity contribution in [3.63, 3.8) is 0 Å². The van der Waals surface area contributed by atoms with E-state index in [-0.39, 0.29) is 30.0 Å². The maximum absolute atomic E-state index is 13.1. The van der Waals surface area contributed by atoms with Gasteiger partial charge in [-0.25, -0.2) is 12.8 Å². The third kappa shape index (κ3) is 3.29. The fourth-order valence-corrected chi connectivity index (χ4v) is 3.82. The van der Waals surface area contributed by atoms with Crippen molar-refractivity contribution in [2.24, 2.45) is 5.92 Å². The summed E-state index contributed by atoms with van der Waals surface area (Å²) >= 11 is 0. The van der Waals surface area contributed by atoms with E-state index in [0.717, 1.165) is 22.5 Å². The average Bonchev–Trinajstić information content (AvgIpc) is 2.41. The molecule has 0 bridgehead atoms. The van der Waals surface area contributed by atoms with E-state index in [4.69, 9.17) is 5.73 Å². The van der Waals surface area contributed by atoms with Gasteiger partial charge in [-0.2, -0.15) is 17.5 Å². The zero-order chi connectivity index (χ0) is 15.8. The van der Waals surface area contributed by atoms with Crippen LogP contribution in [0.15, 0.2) is 23.1 Å². The largest absolute Gasteiger partial charge is 0.396 e. The molecule has 0 aliphatic carbocycles. The Morgan fingerprint density at radius 3 is 2.52 bits per heavy atom. The fourth-order valence-electron chi connectivity index (χ4n) is 2.26. The Kier molecular flexibility index (Phi) is 4.16. The molecule has 0 aromatic heterocycles. The molecular formula is C12H14F4N2O2S. The SMILES string of the molecule is Nc1cc(S(=O)(=O)N2CCCC(C(F)(F)F)C2)ccc1F. The van der Waals surface area contributed by atoms with Crippen LogP contribution in [-0.2, 0) is 10.0 Å². The number of hydrogen-bond acceptors (Lipinski definition) is 3. The van der Waals surface area contributed by atoms with Gasteiger partial charge >= 0.3 is 6.18 Å². The van der Waals surface area contributed by atoms with Crippen molar-refractivity contribution in [3.8, 4) is 0 Å². The Balaban J connectivity index is 2.28. The molecule has 1 atom stereocenters. The number of nitrogen functional groups attached to an aromatic ring is 1. The van der Waals surface area contributed by atoms with Crippen LogP contribution in [0.25, 0.3) is 0 Å². The van der Waals surface area contributed by atoms with Crippen LogP contribution in [-0.4, -0.2) is 32.0 Å². The lowest BCUT2D eigenvalue weighted by molar-refractivity contribution is -0.182. The van der Waals surface area contributed by atoms with Crippen LogP contribution in [0, 0.1) is 11.7 Å². The highest BCUT2D eigenvalue weighted by Gasteiger charge is 2.44. The zero-order valence-electron chi connectivity index (χ0n) is 10.9. The minimum absolute atomic E-state index is 0.00615. The summed E-state index contributed by atoms with van der Waals surface area (Å²) in [5.41, 5.74) is 4.94. The summed E-state index contributed by atoms with van der Waals surface area (Å²) in [4.78, 5) is -0.302. The molecule has 1 aliphatic rings. The number of nitrogens with two attached hydrogens (primary N) is 1. The van der Waals surface area contributed by atoms with Crippen LogP contribution < -0.4 is 5.73 Å². The molecule has 21 heavy (non-hydrogen) atoms. The summed E-state index contributed by atoms with van der Waals surface area (Å²) in [7, 11) is -4.11. The summed E-state index contributed by atoms with van der Waals surface area (Å²) in [6.07, 6.45) is -4.41. The molecule has 1 aromatic carbocycles. The molecule has 4 nitrogen and oxygen atoms in total. The summed E-state index contributed by atoms with van der Waals surface area (Å²) in [6, 6.07) is 2.80. The number of hydrogen-bond donors (Lipinski definition) is 1. The highest BCUT2D eigenvalue weighted by Crippen LogP contribution is 2.35. The molecule has 1 fully saturated rings. The van der Waals surface area contributed by atoms with Crippen LogP contribution in [0.4, 0.5) is 23.2 Å². The van der Waals surface area contributed by atoms with Gasteiger partial charge in [0.15, 0.2) is 0 Å². The number of nitrogens with zero attached hydrogens (tertiary/aromatic N) is 1. The Morgan fingerprint density at radius 2 is 1.95 bits per heavy atom. The molecule has 1 unspecified atom stereocenters. The lowest BCUT2D eigenvalue weighted by atomic mass is 9.99. The van der Waals surface area contributed by atoms with Crippen molar-refractivity contribution in [2.45, 2.75) is 23.9 Å². The zero-order valence-corrected chi connectivity index (χ0v) is 11.7. The van der Waals surface area contributed by atoms with E-state index >= 15 is 0 Å². The molecule has 0 spiro atoms. The number of halogens is 4. The van der Waals surface area contributed by atoms with E-state index in [0.29, 0.717) is 0 Å². The monoisotopic (exact) mass is 326 g/mol. The van der Waals surface area contributed by atoms with Crippen molar-refractivity contribution in [2.75, 3.05) is 18.8 Å². The Bertz CT molecular complexity index is 631. The van der Waals surface area contributed by atoms with Gasteiger partial charge in [0.25, 0.3) is 0 Å². The second-order valence-corrected chi connectivity index (χ2v) is 6.87. The second kappa shape index (κ2) is 5.45. The molecule has 9 heteroatoms. The first-order valence-corrected chi connectivity index (χ1v) is 7.68. The molecule has 1 aromatic rings. The number of anilines is 1. The van der Waals surface area contributed by atoms with E-state index in [1.54, 1.807) is 0 Å². The lowest BCUT2D eigenvalue weighted by Crippen LogP contribution is -2.44. The van der Waals surface area contributed by atoms with E-state index in [1.807, 2.05) is 0 Å². The first kappa shape index (κ1) is 16.0. The number of benzene rings is 1. The molecule has 2 N–H and O–H groups in total.